The molecule has 9 nitrogen and oxygen atoms in total. The molecule has 0 atom stereocenters. The van der Waals surface area contributed by atoms with Gasteiger partial charge in [-0.3, -0.25) is 9.69 Å². The van der Waals surface area contributed by atoms with Gasteiger partial charge in [-0.2, -0.15) is 0 Å². The molecule has 1 fully saturated rings. The van der Waals surface area contributed by atoms with Crippen LogP contribution in [-0.2, 0) is 16.1 Å². The molecule has 1 saturated heterocycles. The molecule has 2 heterocycles. The molecule has 0 spiro atoms. The van der Waals surface area contributed by atoms with Crippen molar-refractivity contribution in [3.63, 3.8) is 0 Å². The van der Waals surface area contributed by atoms with Gasteiger partial charge < -0.3 is 23.9 Å². The van der Waals surface area contributed by atoms with Crippen molar-refractivity contribution in [1.82, 2.24) is 10.2 Å². The molecular formula is C21H22N2O7. The fourth-order valence-corrected chi connectivity index (χ4v) is 2.87. The van der Waals surface area contributed by atoms with Crippen LogP contribution in [0.5, 0.6) is 11.5 Å². The van der Waals surface area contributed by atoms with Crippen molar-refractivity contribution in [2.45, 2.75) is 26.5 Å². The number of amides is 3. The van der Waals surface area contributed by atoms with Crippen molar-refractivity contribution in [2.24, 2.45) is 0 Å². The molecule has 1 aliphatic heterocycles. The second-order valence-electron chi connectivity index (χ2n) is 6.68. The standard InChI is InChI=1S/C21H22N2O7/c1-12(2)29-18-13(6-5-7-16(18)27-3)10-15-19(24)23(21(26)22-15)11-14-8-9-17(30-14)20(25)28-4/h5-10,12H,11H2,1-4H3,(H,22,26)/b15-10+. The first-order valence-corrected chi connectivity index (χ1v) is 9.19. The normalized spacial score (nSPS) is 15.0. The maximum atomic E-state index is 12.8. The van der Waals surface area contributed by atoms with Crippen LogP contribution in [0.4, 0.5) is 4.79 Å². The van der Waals surface area contributed by atoms with Crippen molar-refractivity contribution < 1.29 is 33.0 Å². The predicted molar refractivity (Wildman–Crippen MR) is 106 cm³/mol. The molecule has 0 aliphatic carbocycles. The van der Waals surface area contributed by atoms with Gasteiger partial charge in [-0.25, -0.2) is 9.59 Å². The summed E-state index contributed by atoms with van der Waals surface area (Å²) in [7, 11) is 2.75. The van der Waals surface area contributed by atoms with E-state index < -0.39 is 17.9 Å². The molecule has 3 rings (SSSR count). The van der Waals surface area contributed by atoms with E-state index in [0.717, 1.165) is 4.90 Å². The van der Waals surface area contributed by atoms with E-state index in [1.165, 1.54) is 32.4 Å². The SMILES string of the molecule is COC(=O)c1ccc(CN2C(=O)N/C(=C/c3cccc(OC)c3OC(C)C)C2=O)o1. The molecule has 2 aromatic rings. The molecule has 0 bridgehead atoms. The number of hydrogen-bond acceptors (Lipinski definition) is 7. The molecule has 1 aromatic heterocycles. The Balaban J connectivity index is 1.85. The van der Waals surface area contributed by atoms with Gasteiger partial charge in [0, 0.05) is 5.56 Å². The number of rotatable bonds is 7. The number of carbonyl (C=O) groups is 3. The lowest BCUT2D eigenvalue weighted by molar-refractivity contribution is -0.123. The predicted octanol–water partition coefficient (Wildman–Crippen LogP) is 2.95. The Morgan fingerprint density at radius 2 is 1.97 bits per heavy atom. The number of esters is 1. The number of methoxy groups -OCH3 is 2. The van der Waals surface area contributed by atoms with Gasteiger partial charge in [-0.15, -0.1) is 0 Å². The number of hydrogen-bond donors (Lipinski definition) is 1. The monoisotopic (exact) mass is 414 g/mol. The molecule has 30 heavy (non-hydrogen) atoms. The average Bonchev–Trinajstić information content (AvgIpc) is 3.29. The summed E-state index contributed by atoms with van der Waals surface area (Å²) >= 11 is 0. The molecule has 9 heteroatoms. The smallest absolute Gasteiger partial charge is 0.373 e. The summed E-state index contributed by atoms with van der Waals surface area (Å²) in [5, 5.41) is 2.55. The van der Waals surface area contributed by atoms with Gasteiger partial charge in [0.25, 0.3) is 5.91 Å². The Labute approximate surface area is 173 Å². The van der Waals surface area contributed by atoms with E-state index in [9.17, 15) is 14.4 Å². The van der Waals surface area contributed by atoms with E-state index in [1.54, 1.807) is 18.2 Å². The maximum absolute atomic E-state index is 12.8. The maximum Gasteiger partial charge on any atom is 0.373 e. The van der Waals surface area contributed by atoms with Gasteiger partial charge in [0.05, 0.1) is 26.9 Å². The quantitative estimate of drug-likeness (QED) is 0.422. The highest BCUT2D eigenvalue weighted by molar-refractivity contribution is 6.14. The third-order valence-electron chi connectivity index (χ3n) is 4.21. The van der Waals surface area contributed by atoms with Gasteiger partial charge in [0.1, 0.15) is 11.5 Å². The highest BCUT2D eigenvalue weighted by Crippen LogP contribution is 2.34. The zero-order valence-corrected chi connectivity index (χ0v) is 17.1. The van der Waals surface area contributed by atoms with Crippen molar-refractivity contribution in [2.75, 3.05) is 14.2 Å². The Morgan fingerprint density at radius 3 is 2.63 bits per heavy atom. The number of urea groups is 1. The van der Waals surface area contributed by atoms with Gasteiger partial charge in [-0.1, -0.05) is 12.1 Å². The van der Waals surface area contributed by atoms with Gasteiger partial charge in [0.2, 0.25) is 5.76 Å². The molecule has 158 valence electrons. The van der Waals surface area contributed by atoms with E-state index in [1.807, 2.05) is 13.8 Å². The Bertz CT molecular complexity index is 1010. The minimum absolute atomic E-state index is 0.0119. The molecule has 1 aliphatic rings. The first-order valence-electron chi connectivity index (χ1n) is 9.19. The van der Waals surface area contributed by atoms with Gasteiger partial charge in [-0.05, 0) is 38.1 Å². The summed E-state index contributed by atoms with van der Waals surface area (Å²) in [6, 6.07) is 7.58. The van der Waals surface area contributed by atoms with E-state index in [2.05, 4.69) is 10.1 Å². The largest absolute Gasteiger partial charge is 0.493 e. The molecular weight excluding hydrogens is 392 g/mol. The number of para-hydroxylation sites is 1. The summed E-state index contributed by atoms with van der Waals surface area (Å²) in [5.74, 6) is 0.0611. The Kier molecular flexibility index (Phi) is 6.10. The third kappa shape index (κ3) is 4.29. The lowest BCUT2D eigenvalue weighted by Crippen LogP contribution is -2.30. The topological polar surface area (TPSA) is 107 Å². The fourth-order valence-electron chi connectivity index (χ4n) is 2.87. The van der Waals surface area contributed by atoms with E-state index in [-0.39, 0.29) is 29.9 Å². The van der Waals surface area contributed by atoms with E-state index >= 15 is 0 Å². The second-order valence-corrected chi connectivity index (χ2v) is 6.68. The highest BCUT2D eigenvalue weighted by atomic mass is 16.5. The molecule has 1 aromatic carbocycles. The number of carbonyl (C=O) groups excluding carboxylic acids is 3. The van der Waals surface area contributed by atoms with Crippen LogP contribution in [0, 0.1) is 0 Å². The minimum Gasteiger partial charge on any atom is -0.493 e. The highest BCUT2D eigenvalue weighted by Gasteiger charge is 2.34. The summed E-state index contributed by atoms with van der Waals surface area (Å²) in [6.07, 6.45) is 1.41. The molecule has 0 unspecified atom stereocenters. The number of nitrogens with zero attached hydrogens (tertiary/aromatic N) is 1. The van der Waals surface area contributed by atoms with E-state index in [4.69, 9.17) is 13.9 Å². The van der Waals surface area contributed by atoms with Gasteiger partial charge in [0.15, 0.2) is 11.5 Å². The van der Waals surface area contributed by atoms with Crippen LogP contribution in [0.2, 0.25) is 0 Å². The van der Waals surface area contributed by atoms with Crippen molar-refractivity contribution in [1.29, 1.82) is 0 Å². The number of benzene rings is 1. The number of furan rings is 1. The number of ether oxygens (including phenoxy) is 3. The minimum atomic E-state index is -0.644. The fraction of sp³-hybridized carbons (Fsp3) is 0.286. The van der Waals surface area contributed by atoms with Crippen molar-refractivity contribution in [3.05, 3.63) is 53.1 Å². The zero-order valence-electron chi connectivity index (χ0n) is 17.1. The van der Waals surface area contributed by atoms with Crippen LogP contribution in [0.25, 0.3) is 6.08 Å². The van der Waals surface area contributed by atoms with Crippen LogP contribution in [0.15, 0.2) is 40.4 Å². The average molecular weight is 414 g/mol. The summed E-state index contributed by atoms with van der Waals surface area (Å²) in [5.41, 5.74) is 0.668. The summed E-state index contributed by atoms with van der Waals surface area (Å²) in [4.78, 5) is 37.6. The van der Waals surface area contributed by atoms with Crippen LogP contribution in [0.3, 0.4) is 0 Å². The van der Waals surface area contributed by atoms with Crippen LogP contribution in [0.1, 0.15) is 35.7 Å². The second kappa shape index (κ2) is 8.73. The Morgan fingerprint density at radius 1 is 1.20 bits per heavy atom. The van der Waals surface area contributed by atoms with E-state index in [0.29, 0.717) is 17.1 Å². The molecule has 3 amide bonds. The third-order valence-corrected chi connectivity index (χ3v) is 4.21. The van der Waals surface area contributed by atoms with Crippen LogP contribution in [-0.4, -0.2) is 43.1 Å². The number of nitrogens with one attached hydrogen (secondary N) is 1. The van der Waals surface area contributed by atoms with Crippen molar-refractivity contribution >= 4 is 24.0 Å². The molecule has 0 saturated carbocycles. The van der Waals surface area contributed by atoms with Crippen molar-refractivity contribution in [3.8, 4) is 11.5 Å². The Hall–Kier alpha value is -3.75. The summed E-state index contributed by atoms with van der Waals surface area (Å²) < 4.78 is 21.1. The van der Waals surface area contributed by atoms with Crippen LogP contribution >= 0.6 is 0 Å². The van der Waals surface area contributed by atoms with Gasteiger partial charge >= 0.3 is 12.0 Å². The lowest BCUT2D eigenvalue weighted by Gasteiger charge is -2.16. The lowest BCUT2D eigenvalue weighted by atomic mass is 10.1. The zero-order chi connectivity index (χ0) is 21.8. The summed E-state index contributed by atoms with van der Waals surface area (Å²) in [6.45, 7) is 3.62. The van der Waals surface area contributed by atoms with Crippen LogP contribution < -0.4 is 14.8 Å². The molecule has 1 N–H and O–H groups in total. The molecule has 0 radical (unpaired) electrons. The first-order chi connectivity index (χ1) is 14.3. The first kappa shape index (κ1) is 21.0. The number of imide groups is 1.